The predicted octanol–water partition coefficient (Wildman–Crippen LogP) is 3.52. The summed E-state index contributed by atoms with van der Waals surface area (Å²) in [5, 5.41) is 0. The standard InChI is InChI=1S/C20H23NO4/c1-23-17-6-8-18(9-7-17)25-14-16-13-15(5-10-19(16)24-2)20(22)21-11-3-4-12-21/h5-10,13H,3-4,11-12,14H2,1-2H3. The molecule has 3 rings (SSSR count). The molecule has 0 saturated carbocycles. The Hall–Kier alpha value is -2.69. The van der Waals surface area contributed by atoms with Gasteiger partial charge in [0, 0.05) is 24.2 Å². The molecule has 2 aromatic rings. The van der Waals surface area contributed by atoms with Crippen LogP contribution >= 0.6 is 0 Å². The number of likely N-dealkylation sites (tertiary alicyclic amines) is 1. The maximum absolute atomic E-state index is 12.6. The predicted molar refractivity (Wildman–Crippen MR) is 95.5 cm³/mol. The summed E-state index contributed by atoms with van der Waals surface area (Å²) in [7, 11) is 3.25. The van der Waals surface area contributed by atoms with E-state index < -0.39 is 0 Å². The number of hydrogen-bond donors (Lipinski definition) is 0. The molecule has 0 bridgehead atoms. The third-order valence-corrected chi connectivity index (χ3v) is 4.37. The van der Waals surface area contributed by atoms with Crippen LogP contribution in [0.1, 0.15) is 28.8 Å². The second-order valence-corrected chi connectivity index (χ2v) is 5.99. The molecule has 1 heterocycles. The Kier molecular flexibility index (Phi) is 5.43. The van der Waals surface area contributed by atoms with Gasteiger partial charge in [0.15, 0.2) is 0 Å². The van der Waals surface area contributed by atoms with Gasteiger partial charge in [0.05, 0.1) is 14.2 Å². The van der Waals surface area contributed by atoms with Gasteiger partial charge in [0.1, 0.15) is 23.9 Å². The van der Waals surface area contributed by atoms with Crippen molar-refractivity contribution in [1.29, 1.82) is 0 Å². The molecule has 0 radical (unpaired) electrons. The molecule has 25 heavy (non-hydrogen) atoms. The molecule has 1 aliphatic heterocycles. The molecule has 2 aromatic carbocycles. The normalized spacial score (nSPS) is 13.6. The quantitative estimate of drug-likeness (QED) is 0.807. The second kappa shape index (κ2) is 7.92. The fourth-order valence-corrected chi connectivity index (χ4v) is 2.96. The van der Waals surface area contributed by atoms with Crippen LogP contribution in [0.4, 0.5) is 0 Å². The van der Waals surface area contributed by atoms with Crippen molar-refractivity contribution in [3.63, 3.8) is 0 Å². The minimum absolute atomic E-state index is 0.0749. The second-order valence-electron chi connectivity index (χ2n) is 5.99. The third kappa shape index (κ3) is 4.05. The number of benzene rings is 2. The van der Waals surface area contributed by atoms with Gasteiger partial charge in [0.25, 0.3) is 5.91 Å². The molecule has 0 aliphatic carbocycles. The van der Waals surface area contributed by atoms with Gasteiger partial charge >= 0.3 is 0 Å². The Morgan fingerprint density at radius 2 is 1.64 bits per heavy atom. The SMILES string of the molecule is COc1ccc(OCc2cc(C(=O)N3CCCC3)ccc2OC)cc1. The lowest BCUT2D eigenvalue weighted by Crippen LogP contribution is -2.27. The summed E-state index contributed by atoms with van der Waals surface area (Å²) in [6, 6.07) is 12.9. The Balaban J connectivity index is 1.74. The number of methoxy groups -OCH3 is 2. The minimum Gasteiger partial charge on any atom is -0.497 e. The number of amides is 1. The van der Waals surface area contributed by atoms with Crippen molar-refractivity contribution in [2.24, 2.45) is 0 Å². The Morgan fingerprint density at radius 3 is 2.28 bits per heavy atom. The lowest BCUT2D eigenvalue weighted by Gasteiger charge is -2.17. The van der Waals surface area contributed by atoms with Crippen molar-refractivity contribution in [3.8, 4) is 17.2 Å². The maximum Gasteiger partial charge on any atom is 0.253 e. The molecule has 1 aliphatic rings. The van der Waals surface area contributed by atoms with Gasteiger partial charge in [-0.05, 0) is 55.3 Å². The summed E-state index contributed by atoms with van der Waals surface area (Å²) >= 11 is 0. The van der Waals surface area contributed by atoms with E-state index in [4.69, 9.17) is 14.2 Å². The van der Waals surface area contributed by atoms with Gasteiger partial charge in [-0.25, -0.2) is 0 Å². The van der Waals surface area contributed by atoms with Crippen LogP contribution in [-0.2, 0) is 6.61 Å². The average Bonchev–Trinajstić information content (AvgIpc) is 3.20. The van der Waals surface area contributed by atoms with E-state index in [0.717, 1.165) is 43.0 Å². The van der Waals surface area contributed by atoms with Crippen LogP contribution in [-0.4, -0.2) is 38.1 Å². The highest BCUT2D eigenvalue weighted by Gasteiger charge is 2.20. The summed E-state index contributed by atoms with van der Waals surface area (Å²) in [5.41, 5.74) is 1.53. The summed E-state index contributed by atoms with van der Waals surface area (Å²) in [5.74, 6) is 2.31. The van der Waals surface area contributed by atoms with E-state index in [1.807, 2.05) is 47.4 Å². The maximum atomic E-state index is 12.6. The van der Waals surface area contributed by atoms with Crippen LogP contribution in [0.2, 0.25) is 0 Å². The van der Waals surface area contributed by atoms with Crippen LogP contribution in [0.15, 0.2) is 42.5 Å². The van der Waals surface area contributed by atoms with Crippen molar-refractivity contribution < 1.29 is 19.0 Å². The van der Waals surface area contributed by atoms with E-state index in [1.165, 1.54) is 0 Å². The minimum atomic E-state index is 0.0749. The molecule has 0 aromatic heterocycles. The van der Waals surface area contributed by atoms with Crippen LogP contribution < -0.4 is 14.2 Å². The first-order chi connectivity index (χ1) is 12.2. The van der Waals surface area contributed by atoms with E-state index in [-0.39, 0.29) is 5.91 Å². The van der Waals surface area contributed by atoms with Gasteiger partial charge in [-0.1, -0.05) is 0 Å². The van der Waals surface area contributed by atoms with Gasteiger partial charge < -0.3 is 19.1 Å². The van der Waals surface area contributed by atoms with Gasteiger partial charge in [-0.3, -0.25) is 4.79 Å². The van der Waals surface area contributed by atoms with Crippen molar-refractivity contribution in [2.45, 2.75) is 19.4 Å². The van der Waals surface area contributed by atoms with Crippen molar-refractivity contribution in [2.75, 3.05) is 27.3 Å². The van der Waals surface area contributed by atoms with E-state index in [9.17, 15) is 4.79 Å². The fourth-order valence-electron chi connectivity index (χ4n) is 2.96. The molecule has 0 atom stereocenters. The first-order valence-electron chi connectivity index (χ1n) is 8.44. The third-order valence-electron chi connectivity index (χ3n) is 4.37. The molecule has 0 spiro atoms. The lowest BCUT2D eigenvalue weighted by atomic mass is 10.1. The van der Waals surface area contributed by atoms with Crippen LogP contribution in [0.3, 0.4) is 0 Å². The van der Waals surface area contributed by atoms with E-state index in [0.29, 0.717) is 17.9 Å². The number of hydrogen-bond acceptors (Lipinski definition) is 4. The first-order valence-corrected chi connectivity index (χ1v) is 8.44. The van der Waals surface area contributed by atoms with Crippen LogP contribution in [0.5, 0.6) is 17.2 Å². The molecule has 0 N–H and O–H groups in total. The van der Waals surface area contributed by atoms with E-state index in [1.54, 1.807) is 14.2 Å². The number of ether oxygens (including phenoxy) is 3. The first kappa shape index (κ1) is 17.1. The van der Waals surface area contributed by atoms with Crippen molar-refractivity contribution in [3.05, 3.63) is 53.6 Å². The smallest absolute Gasteiger partial charge is 0.253 e. The number of carbonyl (C=O) groups excluding carboxylic acids is 1. The molecule has 1 amide bonds. The molecule has 0 unspecified atom stereocenters. The van der Waals surface area contributed by atoms with Crippen molar-refractivity contribution in [1.82, 2.24) is 4.90 Å². The molecule has 5 heteroatoms. The molecule has 5 nitrogen and oxygen atoms in total. The number of nitrogens with zero attached hydrogens (tertiary/aromatic N) is 1. The molecule has 132 valence electrons. The monoisotopic (exact) mass is 341 g/mol. The highest BCUT2D eigenvalue weighted by Crippen LogP contribution is 2.24. The highest BCUT2D eigenvalue weighted by atomic mass is 16.5. The summed E-state index contributed by atoms with van der Waals surface area (Å²) in [6.45, 7) is 2.00. The zero-order valence-electron chi connectivity index (χ0n) is 14.7. The largest absolute Gasteiger partial charge is 0.497 e. The Bertz CT molecular complexity index is 721. The molecule has 1 saturated heterocycles. The van der Waals surface area contributed by atoms with Gasteiger partial charge in [0.2, 0.25) is 0 Å². The van der Waals surface area contributed by atoms with E-state index in [2.05, 4.69) is 0 Å². The zero-order chi connectivity index (χ0) is 17.6. The number of rotatable bonds is 6. The average molecular weight is 341 g/mol. The summed E-state index contributed by atoms with van der Waals surface area (Å²) < 4.78 is 16.4. The Labute approximate surface area is 148 Å². The summed E-state index contributed by atoms with van der Waals surface area (Å²) in [6.07, 6.45) is 2.16. The topological polar surface area (TPSA) is 48.0 Å². The van der Waals surface area contributed by atoms with Gasteiger partial charge in [-0.2, -0.15) is 0 Å². The fraction of sp³-hybridized carbons (Fsp3) is 0.350. The van der Waals surface area contributed by atoms with Gasteiger partial charge in [-0.15, -0.1) is 0 Å². The highest BCUT2D eigenvalue weighted by molar-refractivity contribution is 5.94. The van der Waals surface area contributed by atoms with Crippen LogP contribution in [0.25, 0.3) is 0 Å². The van der Waals surface area contributed by atoms with Crippen molar-refractivity contribution >= 4 is 5.91 Å². The molecular weight excluding hydrogens is 318 g/mol. The lowest BCUT2D eigenvalue weighted by molar-refractivity contribution is 0.0792. The zero-order valence-corrected chi connectivity index (χ0v) is 14.7. The Morgan fingerprint density at radius 1 is 0.960 bits per heavy atom. The number of carbonyl (C=O) groups is 1. The summed E-state index contributed by atoms with van der Waals surface area (Å²) in [4.78, 5) is 14.5. The molecular formula is C20H23NO4. The molecule has 1 fully saturated rings. The van der Waals surface area contributed by atoms with Crippen LogP contribution in [0, 0.1) is 0 Å². The van der Waals surface area contributed by atoms with E-state index >= 15 is 0 Å².